The van der Waals surface area contributed by atoms with E-state index in [0.717, 1.165) is 37.8 Å². The molecule has 0 bridgehead atoms. The van der Waals surface area contributed by atoms with Gasteiger partial charge in [-0.3, -0.25) is 4.79 Å². The quantitative estimate of drug-likeness (QED) is 0.613. The number of methoxy groups -OCH3 is 1. The molecule has 23 heavy (non-hydrogen) atoms. The van der Waals surface area contributed by atoms with Crippen molar-refractivity contribution in [2.24, 2.45) is 0 Å². The minimum atomic E-state index is -0.279. The zero-order valence-electron chi connectivity index (χ0n) is 13.7. The van der Waals surface area contributed by atoms with Crippen molar-refractivity contribution in [1.82, 2.24) is 10.3 Å². The molecule has 124 valence electrons. The fourth-order valence-corrected chi connectivity index (χ4v) is 3.50. The SMILES string of the molecule is COCCCNC(=O)C(C)Sc1nc2c(cc1C#N)CCCC2. The van der Waals surface area contributed by atoms with E-state index in [0.29, 0.717) is 23.7 Å². The van der Waals surface area contributed by atoms with Crippen molar-refractivity contribution in [1.29, 1.82) is 5.26 Å². The Balaban J connectivity index is 2.01. The lowest BCUT2D eigenvalue weighted by Gasteiger charge is -2.18. The highest BCUT2D eigenvalue weighted by Crippen LogP contribution is 2.29. The maximum absolute atomic E-state index is 12.1. The number of aryl methyl sites for hydroxylation is 2. The number of aromatic nitrogens is 1. The van der Waals surface area contributed by atoms with Crippen LogP contribution >= 0.6 is 11.8 Å². The molecule has 1 N–H and O–H groups in total. The second-order valence-corrected chi connectivity index (χ2v) is 6.99. The van der Waals surface area contributed by atoms with Crippen LogP contribution in [0.2, 0.25) is 0 Å². The molecule has 1 atom stereocenters. The third-order valence-electron chi connectivity index (χ3n) is 3.87. The van der Waals surface area contributed by atoms with E-state index in [2.05, 4.69) is 16.4 Å². The molecule has 1 aromatic heterocycles. The van der Waals surface area contributed by atoms with Crippen LogP contribution in [0.4, 0.5) is 0 Å². The van der Waals surface area contributed by atoms with Gasteiger partial charge in [0.05, 0.1) is 10.8 Å². The number of fused-ring (bicyclic) bond motifs is 1. The van der Waals surface area contributed by atoms with Crippen molar-refractivity contribution in [2.75, 3.05) is 20.3 Å². The Morgan fingerprint density at radius 2 is 2.30 bits per heavy atom. The van der Waals surface area contributed by atoms with Crippen molar-refractivity contribution in [2.45, 2.75) is 49.3 Å². The van der Waals surface area contributed by atoms with Crippen LogP contribution in [0.25, 0.3) is 0 Å². The number of pyridine rings is 1. The van der Waals surface area contributed by atoms with Crippen LogP contribution in [-0.4, -0.2) is 36.4 Å². The number of amides is 1. The van der Waals surface area contributed by atoms with Gasteiger partial charge in [0.25, 0.3) is 0 Å². The lowest BCUT2D eigenvalue weighted by molar-refractivity contribution is -0.120. The normalized spacial score (nSPS) is 14.7. The number of nitriles is 1. The summed E-state index contributed by atoms with van der Waals surface area (Å²) in [7, 11) is 1.64. The van der Waals surface area contributed by atoms with Gasteiger partial charge in [0.15, 0.2) is 0 Å². The first-order valence-corrected chi connectivity index (χ1v) is 8.90. The van der Waals surface area contributed by atoms with E-state index >= 15 is 0 Å². The number of nitrogens with zero attached hydrogens (tertiary/aromatic N) is 2. The van der Waals surface area contributed by atoms with E-state index in [1.807, 2.05) is 13.0 Å². The first-order chi connectivity index (χ1) is 11.2. The molecule has 0 aliphatic heterocycles. The minimum Gasteiger partial charge on any atom is -0.385 e. The Morgan fingerprint density at radius 1 is 1.52 bits per heavy atom. The highest BCUT2D eigenvalue weighted by Gasteiger charge is 2.20. The van der Waals surface area contributed by atoms with Gasteiger partial charge in [-0.15, -0.1) is 0 Å². The van der Waals surface area contributed by atoms with E-state index in [1.54, 1.807) is 7.11 Å². The Hall–Kier alpha value is -1.58. The Bertz CT molecular complexity index is 598. The summed E-state index contributed by atoms with van der Waals surface area (Å²) in [5, 5.41) is 12.6. The standard InChI is InChI=1S/C17H23N3O2S/c1-12(16(21)19-8-5-9-22-2)23-17-14(11-18)10-13-6-3-4-7-15(13)20-17/h10,12H,3-9H2,1-2H3,(H,19,21). The predicted octanol–water partition coefficient (Wildman–Crippen LogP) is 2.47. The lowest BCUT2D eigenvalue weighted by atomic mass is 9.95. The molecule has 0 radical (unpaired) electrons. The van der Waals surface area contributed by atoms with Gasteiger partial charge in [0.1, 0.15) is 11.1 Å². The van der Waals surface area contributed by atoms with Crippen LogP contribution in [0.3, 0.4) is 0 Å². The van der Waals surface area contributed by atoms with Crippen LogP contribution in [-0.2, 0) is 22.4 Å². The molecule has 5 nitrogen and oxygen atoms in total. The lowest BCUT2D eigenvalue weighted by Crippen LogP contribution is -2.32. The molecule has 1 unspecified atom stereocenters. The maximum atomic E-state index is 12.1. The van der Waals surface area contributed by atoms with Crippen LogP contribution in [0.1, 0.15) is 43.0 Å². The van der Waals surface area contributed by atoms with Crippen LogP contribution in [0.15, 0.2) is 11.1 Å². The molecule has 0 spiro atoms. The summed E-state index contributed by atoms with van der Waals surface area (Å²) in [5.74, 6) is -0.0329. The fraction of sp³-hybridized carbons (Fsp3) is 0.588. The number of carbonyl (C=O) groups excluding carboxylic acids is 1. The largest absolute Gasteiger partial charge is 0.385 e. The summed E-state index contributed by atoms with van der Waals surface area (Å²) < 4.78 is 4.96. The number of nitrogens with one attached hydrogen (secondary N) is 1. The zero-order chi connectivity index (χ0) is 16.7. The number of rotatable bonds is 7. The molecule has 6 heteroatoms. The third kappa shape index (κ3) is 4.95. The first kappa shape index (κ1) is 17.8. The van der Waals surface area contributed by atoms with Crippen LogP contribution in [0.5, 0.6) is 0 Å². The molecule has 1 aliphatic rings. The fourth-order valence-electron chi connectivity index (χ4n) is 2.58. The average molecular weight is 333 g/mol. The minimum absolute atomic E-state index is 0.0329. The van der Waals surface area contributed by atoms with Gasteiger partial charge in [-0.1, -0.05) is 11.8 Å². The van der Waals surface area contributed by atoms with Gasteiger partial charge < -0.3 is 10.1 Å². The smallest absolute Gasteiger partial charge is 0.233 e. The van der Waals surface area contributed by atoms with E-state index in [-0.39, 0.29) is 11.2 Å². The van der Waals surface area contributed by atoms with Crippen molar-refractivity contribution in [3.05, 3.63) is 22.9 Å². The molecule has 2 rings (SSSR count). The van der Waals surface area contributed by atoms with E-state index in [4.69, 9.17) is 4.74 Å². The molecule has 0 saturated carbocycles. The van der Waals surface area contributed by atoms with Crippen molar-refractivity contribution < 1.29 is 9.53 Å². The molecular weight excluding hydrogens is 310 g/mol. The summed E-state index contributed by atoms with van der Waals surface area (Å²) >= 11 is 1.36. The molecule has 1 heterocycles. The molecule has 1 aromatic rings. The van der Waals surface area contributed by atoms with Gasteiger partial charge >= 0.3 is 0 Å². The maximum Gasteiger partial charge on any atom is 0.233 e. The first-order valence-electron chi connectivity index (χ1n) is 8.02. The highest BCUT2D eigenvalue weighted by molar-refractivity contribution is 8.00. The Kier molecular flexibility index (Phi) is 6.87. The summed E-state index contributed by atoms with van der Waals surface area (Å²) in [5.41, 5.74) is 2.86. The number of hydrogen-bond acceptors (Lipinski definition) is 5. The van der Waals surface area contributed by atoms with Gasteiger partial charge in [-0.05, 0) is 50.7 Å². The molecule has 1 amide bonds. The van der Waals surface area contributed by atoms with Crippen molar-refractivity contribution >= 4 is 17.7 Å². The topological polar surface area (TPSA) is 75.0 Å². The molecular formula is C17H23N3O2S. The number of ether oxygens (including phenoxy) is 1. The van der Waals surface area contributed by atoms with Crippen molar-refractivity contribution in [3.63, 3.8) is 0 Å². The molecule has 0 aromatic carbocycles. The third-order valence-corrected chi connectivity index (χ3v) is 4.97. The Morgan fingerprint density at radius 3 is 3.04 bits per heavy atom. The van der Waals surface area contributed by atoms with Gasteiger partial charge in [-0.2, -0.15) is 5.26 Å². The van der Waals surface area contributed by atoms with E-state index in [9.17, 15) is 10.1 Å². The van der Waals surface area contributed by atoms with Crippen LogP contribution < -0.4 is 5.32 Å². The monoisotopic (exact) mass is 333 g/mol. The molecule has 1 aliphatic carbocycles. The predicted molar refractivity (Wildman–Crippen MR) is 90.4 cm³/mol. The summed E-state index contributed by atoms with van der Waals surface area (Å²) in [6.07, 6.45) is 5.06. The van der Waals surface area contributed by atoms with E-state index < -0.39 is 0 Å². The van der Waals surface area contributed by atoms with Gasteiger partial charge in [0, 0.05) is 26.0 Å². The summed E-state index contributed by atoms with van der Waals surface area (Å²) in [4.78, 5) is 16.8. The number of thioether (sulfide) groups is 1. The average Bonchev–Trinajstić information content (AvgIpc) is 2.57. The zero-order valence-corrected chi connectivity index (χ0v) is 14.5. The summed E-state index contributed by atoms with van der Waals surface area (Å²) in [6, 6.07) is 4.17. The van der Waals surface area contributed by atoms with Crippen molar-refractivity contribution in [3.8, 4) is 6.07 Å². The number of hydrogen-bond donors (Lipinski definition) is 1. The van der Waals surface area contributed by atoms with E-state index in [1.165, 1.54) is 17.3 Å². The summed E-state index contributed by atoms with van der Waals surface area (Å²) in [6.45, 7) is 3.08. The molecule has 0 fully saturated rings. The van der Waals surface area contributed by atoms with Gasteiger partial charge in [-0.25, -0.2) is 4.98 Å². The number of carbonyl (C=O) groups is 1. The Labute approximate surface area is 141 Å². The molecule has 0 saturated heterocycles. The second-order valence-electron chi connectivity index (χ2n) is 5.66. The van der Waals surface area contributed by atoms with Crippen LogP contribution in [0, 0.1) is 11.3 Å². The van der Waals surface area contributed by atoms with Gasteiger partial charge in [0.2, 0.25) is 5.91 Å². The second kappa shape index (κ2) is 8.90. The highest BCUT2D eigenvalue weighted by atomic mass is 32.2.